The van der Waals surface area contributed by atoms with Crippen LogP contribution in [0.4, 0.5) is 0 Å². The molecular formula is C14H16N4O. The molecule has 0 aliphatic heterocycles. The summed E-state index contributed by atoms with van der Waals surface area (Å²) >= 11 is 0. The van der Waals surface area contributed by atoms with Gasteiger partial charge in [0.05, 0.1) is 0 Å². The molecule has 0 spiro atoms. The van der Waals surface area contributed by atoms with Crippen molar-refractivity contribution in [1.29, 1.82) is 0 Å². The van der Waals surface area contributed by atoms with Crippen LogP contribution in [0.25, 0.3) is 0 Å². The minimum absolute atomic E-state index is 0.141. The van der Waals surface area contributed by atoms with Crippen LogP contribution in [0.5, 0.6) is 0 Å². The van der Waals surface area contributed by atoms with E-state index in [4.69, 9.17) is 0 Å². The molecule has 1 unspecified atom stereocenters. The Hall–Kier alpha value is -2.43. The Morgan fingerprint density at radius 3 is 2.79 bits per heavy atom. The summed E-state index contributed by atoms with van der Waals surface area (Å²) in [6.07, 6.45) is 1.70. The molecule has 0 radical (unpaired) electrons. The van der Waals surface area contributed by atoms with Crippen LogP contribution in [0.2, 0.25) is 0 Å². The average Bonchev–Trinajstić information content (AvgIpc) is 2.86. The zero-order valence-electron chi connectivity index (χ0n) is 10.9. The lowest BCUT2D eigenvalue weighted by atomic mass is 10.0. The SMILES string of the molecule is Cc1cc(C(=O)NN=CC(C)c2ccccc2)n[nH]1. The van der Waals surface area contributed by atoms with Crippen molar-refractivity contribution in [3.05, 3.63) is 53.3 Å². The first-order valence-electron chi connectivity index (χ1n) is 6.07. The lowest BCUT2D eigenvalue weighted by Crippen LogP contribution is -2.18. The Morgan fingerprint density at radius 1 is 1.42 bits per heavy atom. The summed E-state index contributed by atoms with van der Waals surface area (Å²) in [5.74, 6) is -0.178. The molecule has 0 fully saturated rings. The van der Waals surface area contributed by atoms with Gasteiger partial charge in [0.15, 0.2) is 5.69 Å². The minimum Gasteiger partial charge on any atom is -0.282 e. The molecule has 1 aromatic carbocycles. The van der Waals surface area contributed by atoms with E-state index < -0.39 is 0 Å². The van der Waals surface area contributed by atoms with Gasteiger partial charge in [-0.05, 0) is 18.6 Å². The summed E-state index contributed by atoms with van der Waals surface area (Å²) in [7, 11) is 0. The highest BCUT2D eigenvalue weighted by atomic mass is 16.2. The van der Waals surface area contributed by atoms with Crippen molar-refractivity contribution < 1.29 is 4.79 Å². The number of rotatable bonds is 4. The molecule has 0 aliphatic rings. The van der Waals surface area contributed by atoms with Crippen LogP contribution >= 0.6 is 0 Å². The first-order valence-corrected chi connectivity index (χ1v) is 6.07. The van der Waals surface area contributed by atoms with Crippen molar-refractivity contribution >= 4 is 12.1 Å². The van der Waals surface area contributed by atoms with Crippen LogP contribution < -0.4 is 5.43 Å². The van der Waals surface area contributed by atoms with Gasteiger partial charge in [-0.15, -0.1) is 0 Å². The van der Waals surface area contributed by atoms with Gasteiger partial charge >= 0.3 is 0 Å². The largest absolute Gasteiger partial charge is 0.291 e. The lowest BCUT2D eigenvalue weighted by Gasteiger charge is -2.04. The lowest BCUT2D eigenvalue weighted by molar-refractivity contribution is 0.0950. The maximum atomic E-state index is 11.7. The van der Waals surface area contributed by atoms with Gasteiger partial charge in [-0.25, -0.2) is 5.43 Å². The number of hydrogen-bond donors (Lipinski definition) is 2. The summed E-state index contributed by atoms with van der Waals surface area (Å²) in [4.78, 5) is 11.7. The zero-order valence-corrected chi connectivity index (χ0v) is 10.9. The van der Waals surface area contributed by atoms with Crippen LogP contribution in [-0.4, -0.2) is 22.3 Å². The van der Waals surface area contributed by atoms with Gasteiger partial charge in [0.25, 0.3) is 5.91 Å². The molecule has 5 heteroatoms. The molecule has 98 valence electrons. The molecule has 1 aromatic heterocycles. The minimum atomic E-state index is -0.319. The normalized spacial score (nSPS) is 12.5. The number of hydrazone groups is 1. The fourth-order valence-corrected chi connectivity index (χ4v) is 1.64. The van der Waals surface area contributed by atoms with Gasteiger partial charge in [0.1, 0.15) is 0 Å². The molecule has 2 N–H and O–H groups in total. The predicted molar refractivity (Wildman–Crippen MR) is 74.1 cm³/mol. The summed E-state index contributed by atoms with van der Waals surface area (Å²) in [6.45, 7) is 3.86. The molecule has 1 heterocycles. The Kier molecular flexibility index (Phi) is 4.07. The Morgan fingerprint density at radius 2 is 2.16 bits per heavy atom. The van der Waals surface area contributed by atoms with Crippen LogP contribution in [0.15, 0.2) is 41.5 Å². The first-order chi connectivity index (χ1) is 9.16. The summed E-state index contributed by atoms with van der Waals surface area (Å²) in [5.41, 5.74) is 4.78. The number of aryl methyl sites for hydroxylation is 1. The summed E-state index contributed by atoms with van der Waals surface area (Å²) < 4.78 is 0. The van der Waals surface area contributed by atoms with E-state index in [1.807, 2.05) is 44.2 Å². The molecule has 0 aliphatic carbocycles. The highest BCUT2D eigenvalue weighted by Gasteiger charge is 2.07. The standard InChI is InChI=1S/C14H16N4O/c1-10(12-6-4-3-5-7-12)9-15-18-14(19)13-8-11(2)16-17-13/h3-10H,1-2H3,(H,16,17)(H,18,19). The monoisotopic (exact) mass is 256 g/mol. The van der Waals surface area contributed by atoms with E-state index in [0.29, 0.717) is 5.69 Å². The van der Waals surface area contributed by atoms with Crippen molar-refractivity contribution in [3.8, 4) is 0 Å². The topological polar surface area (TPSA) is 70.1 Å². The number of nitrogens with one attached hydrogen (secondary N) is 2. The Labute approximate surface area is 111 Å². The van der Waals surface area contributed by atoms with Crippen LogP contribution in [0.3, 0.4) is 0 Å². The molecule has 2 rings (SSSR count). The zero-order chi connectivity index (χ0) is 13.7. The maximum Gasteiger partial charge on any atom is 0.291 e. The highest BCUT2D eigenvalue weighted by Crippen LogP contribution is 2.11. The summed E-state index contributed by atoms with van der Waals surface area (Å²) in [6, 6.07) is 11.6. The number of H-pyrrole nitrogens is 1. The highest BCUT2D eigenvalue weighted by molar-refractivity contribution is 5.92. The number of aromatic nitrogens is 2. The molecule has 0 saturated heterocycles. The van der Waals surface area contributed by atoms with Crippen molar-refractivity contribution in [2.45, 2.75) is 19.8 Å². The van der Waals surface area contributed by atoms with Crippen molar-refractivity contribution in [2.75, 3.05) is 0 Å². The molecule has 1 amide bonds. The predicted octanol–water partition coefficient (Wildman–Crippen LogP) is 2.24. The van der Waals surface area contributed by atoms with Crippen LogP contribution in [0, 0.1) is 6.92 Å². The van der Waals surface area contributed by atoms with E-state index in [-0.39, 0.29) is 11.8 Å². The van der Waals surface area contributed by atoms with Gasteiger partial charge < -0.3 is 0 Å². The first kappa shape index (κ1) is 13.0. The van der Waals surface area contributed by atoms with E-state index >= 15 is 0 Å². The summed E-state index contributed by atoms with van der Waals surface area (Å²) in [5, 5.41) is 10.5. The maximum absolute atomic E-state index is 11.7. The van der Waals surface area contributed by atoms with Crippen LogP contribution in [0.1, 0.15) is 34.6 Å². The number of amides is 1. The van der Waals surface area contributed by atoms with Crippen LogP contribution in [-0.2, 0) is 0 Å². The third-order valence-electron chi connectivity index (χ3n) is 2.73. The van der Waals surface area contributed by atoms with E-state index in [1.165, 1.54) is 0 Å². The number of aromatic amines is 1. The molecule has 0 saturated carbocycles. The molecule has 0 bridgehead atoms. The third-order valence-corrected chi connectivity index (χ3v) is 2.73. The van der Waals surface area contributed by atoms with E-state index in [2.05, 4.69) is 20.7 Å². The van der Waals surface area contributed by atoms with E-state index in [0.717, 1.165) is 11.3 Å². The number of carbonyl (C=O) groups is 1. The second kappa shape index (κ2) is 5.95. The average molecular weight is 256 g/mol. The Balaban J connectivity index is 1.92. The van der Waals surface area contributed by atoms with Gasteiger partial charge in [0.2, 0.25) is 0 Å². The molecular weight excluding hydrogens is 240 g/mol. The molecule has 1 atom stereocenters. The second-order valence-electron chi connectivity index (χ2n) is 4.35. The number of carbonyl (C=O) groups excluding carboxylic acids is 1. The molecule has 19 heavy (non-hydrogen) atoms. The van der Waals surface area contributed by atoms with Gasteiger partial charge in [0, 0.05) is 17.8 Å². The molecule has 2 aromatic rings. The second-order valence-corrected chi connectivity index (χ2v) is 4.35. The van der Waals surface area contributed by atoms with Crippen molar-refractivity contribution in [2.24, 2.45) is 5.10 Å². The van der Waals surface area contributed by atoms with E-state index in [1.54, 1.807) is 12.3 Å². The number of hydrogen-bond acceptors (Lipinski definition) is 3. The number of nitrogens with zero attached hydrogens (tertiary/aromatic N) is 2. The Bertz CT molecular complexity index is 574. The van der Waals surface area contributed by atoms with Crippen molar-refractivity contribution in [1.82, 2.24) is 15.6 Å². The fourth-order valence-electron chi connectivity index (χ4n) is 1.64. The van der Waals surface area contributed by atoms with E-state index in [9.17, 15) is 4.79 Å². The van der Waals surface area contributed by atoms with Gasteiger partial charge in [-0.3, -0.25) is 9.89 Å². The quantitative estimate of drug-likeness (QED) is 0.650. The van der Waals surface area contributed by atoms with Crippen molar-refractivity contribution in [3.63, 3.8) is 0 Å². The third kappa shape index (κ3) is 3.51. The number of benzene rings is 1. The molecule has 5 nitrogen and oxygen atoms in total. The smallest absolute Gasteiger partial charge is 0.282 e. The van der Waals surface area contributed by atoms with Gasteiger partial charge in [-0.2, -0.15) is 10.2 Å². The van der Waals surface area contributed by atoms with Gasteiger partial charge in [-0.1, -0.05) is 37.3 Å². The fraction of sp³-hybridized carbons (Fsp3) is 0.214.